The summed E-state index contributed by atoms with van der Waals surface area (Å²) in [6, 6.07) is 26.5. The van der Waals surface area contributed by atoms with Crippen molar-refractivity contribution in [2.24, 2.45) is 5.92 Å². The van der Waals surface area contributed by atoms with Crippen LogP contribution in [0.4, 0.5) is 17.5 Å². The molecule has 40 heavy (non-hydrogen) atoms. The molecule has 0 atom stereocenters. The number of piperazine rings is 1. The minimum absolute atomic E-state index is 0.0162. The fourth-order valence-electron chi connectivity index (χ4n) is 5.42. The largest absolute Gasteiger partial charge is 0.355 e. The van der Waals surface area contributed by atoms with Gasteiger partial charge >= 0.3 is 0 Å². The molecule has 6 rings (SSSR count). The maximum absolute atomic E-state index is 13.1. The van der Waals surface area contributed by atoms with E-state index in [1.807, 2.05) is 48.5 Å². The minimum Gasteiger partial charge on any atom is -0.355 e. The summed E-state index contributed by atoms with van der Waals surface area (Å²) in [6.45, 7) is 6.22. The van der Waals surface area contributed by atoms with Gasteiger partial charge in [-0.3, -0.25) is 9.69 Å². The first-order chi connectivity index (χ1) is 19.7. The molecule has 4 heterocycles. The van der Waals surface area contributed by atoms with Crippen LogP contribution >= 0.6 is 0 Å². The second-order valence-electron chi connectivity index (χ2n) is 10.4. The van der Waals surface area contributed by atoms with Crippen molar-refractivity contribution in [1.82, 2.24) is 25.1 Å². The Morgan fingerprint density at radius 3 is 2.15 bits per heavy atom. The molecule has 0 radical (unpaired) electrons. The van der Waals surface area contributed by atoms with Crippen LogP contribution in [-0.4, -0.2) is 70.2 Å². The highest BCUT2D eigenvalue weighted by atomic mass is 16.2. The number of carbonyl (C=O) groups is 1. The van der Waals surface area contributed by atoms with E-state index >= 15 is 0 Å². The number of piperidine rings is 1. The summed E-state index contributed by atoms with van der Waals surface area (Å²) in [7, 11) is 0. The Labute approximate surface area is 234 Å². The van der Waals surface area contributed by atoms with Gasteiger partial charge in [0.2, 0.25) is 5.91 Å². The number of amides is 1. The molecule has 9 heteroatoms. The van der Waals surface area contributed by atoms with Gasteiger partial charge in [0.25, 0.3) is 0 Å². The Morgan fingerprint density at radius 1 is 0.750 bits per heavy atom. The quantitative estimate of drug-likeness (QED) is 0.379. The SMILES string of the molecule is O=C(Nc1cc(N2CCN(Cc3ccccc3)CC2)ncn1)C1CCN(c2ccc(-c3ccccc3)nn2)CC1. The molecule has 0 bridgehead atoms. The van der Waals surface area contributed by atoms with E-state index in [2.05, 4.69) is 70.5 Å². The molecule has 1 amide bonds. The molecule has 0 unspecified atom stereocenters. The van der Waals surface area contributed by atoms with Crippen LogP contribution in [0.2, 0.25) is 0 Å². The Hall–Kier alpha value is -4.37. The van der Waals surface area contributed by atoms with Gasteiger partial charge in [0.15, 0.2) is 5.82 Å². The van der Waals surface area contributed by atoms with Gasteiger partial charge in [0, 0.05) is 63.4 Å². The second-order valence-corrected chi connectivity index (χ2v) is 10.4. The lowest BCUT2D eigenvalue weighted by atomic mass is 9.96. The predicted molar refractivity (Wildman–Crippen MR) is 157 cm³/mol. The Morgan fingerprint density at radius 2 is 1.45 bits per heavy atom. The van der Waals surface area contributed by atoms with Gasteiger partial charge < -0.3 is 15.1 Å². The molecule has 2 aromatic heterocycles. The molecule has 204 valence electrons. The second kappa shape index (κ2) is 12.2. The molecule has 9 nitrogen and oxygen atoms in total. The standard InChI is InChI=1S/C31H34N8O/c40-31(26-13-15-38(16-14-26)29-12-11-27(35-36-29)25-9-5-2-6-10-25)34-28-21-30(33-23-32-28)39-19-17-37(18-20-39)22-24-7-3-1-4-8-24/h1-12,21,23,26H,13-20,22H2,(H,32,33,34,40). The van der Waals surface area contributed by atoms with Crippen LogP contribution in [-0.2, 0) is 11.3 Å². The summed E-state index contributed by atoms with van der Waals surface area (Å²) in [5.41, 5.74) is 3.25. The number of rotatable bonds is 7. The van der Waals surface area contributed by atoms with Crippen molar-refractivity contribution in [2.45, 2.75) is 19.4 Å². The molecule has 2 aliphatic rings. The average Bonchev–Trinajstić information content (AvgIpc) is 3.03. The third kappa shape index (κ3) is 6.26. The third-order valence-corrected chi connectivity index (χ3v) is 7.76. The predicted octanol–water partition coefficient (Wildman–Crippen LogP) is 4.11. The average molecular weight is 535 g/mol. The number of hydrogen-bond donors (Lipinski definition) is 1. The number of hydrogen-bond acceptors (Lipinski definition) is 8. The molecule has 0 spiro atoms. The molecule has 4 aromatic rings. The molecule has 1 N–H and O–H groups in total. The van der Waals surface area contributed by atoms with E-state index in [4.69, 9.17) is 0 Å². The Balaban J connectivity index is 0.986. The number of nitrogens with one attached hydrogen (secondary N) is 1. The highest BCUT2D eigenvalue weighted by molar-refractivity contribution is 5.92. The molecule has 2 aromatic carbocycles. The smallest absolute Gasteiger partial charge is 0.228 e. The van der Waals surface area contributed by atoms with Crippen molar-refractivity contribution in [3.63, 3.8) is 0 Å². The lowest BCUT2D eigenvalue weighted by molar-refractivity contribution is -0.120. The number of carbonyl (C=O) groups excluding carboxylic acids is 1. The van der Waals surface area contributed by atoms with E-state index in [1.165, 1.54) is 5.56 Å². The summed E-state index contributed by atoms with van der Waals surface area (Å²) in [5.74, 6) is 2.22. The van der Waals surface area contributed by atoms with E-state index in [0.717, 1.165) is 81.5 Å². The fourth-order valence-corrected chi connectivity index (χ4v) is 5.42. The van der Waals surface area contributed by atoms with E-state index in [-0.39, 0.29) is 11.8 Å². The van der Waals surface area contributed by atoms with Gasteiger partial charge in [0.1, 0.15) is 18.0 Å². The Bertz CT molecular complexity index is 1380. The van der Waals surface area contributed by atoms with Crippen LogP contribution in [0.25, 0.3) is 11.3 Å². The van der Waals surface area contributed by atoms with Gasteiger partial charge in [-0.15, -0.1) is 10.2 Å². The maximum atomic E-state index is 13.1. The molecular formula is C31H34N8O. The number of anilines is 3. The van der Waals surface area contributed by atoms with Crippen molar-refractivity contribution >= 4 is 23.4 Å². The van der Waals surface area contributed by atoms with Gasteiger partial charge in [-0.1, -0.05) is 60.7 Å². The first-order valence-electron chi connectivity index (χ1n) is 14.0. The zero-order chi connectivity index (χ0) is 27.1. The summed E-state index contributed by atoms with van der Waals surface area (Å²) < 4.78 is 0. The topological polar surface area (TPSA) is 90.4 Å². The van der Waals surface area contributed by atoms with Crippen molar-refractivity contribution in [3.8, 4) is 11.3 Å². The fraction of sp³-hybridized carbons (Fsp3) is 0.323. The highest BCUT2D eigenvalue weighted by Crippen LogP contribution is 2.25. The van der Waals surface area contributed by atoms with Crippen LogP contribution in [0.15, 0.2) is 85.2 Å². The van der Waals surface area contributed by atoms with E-state index in [0.29, 0.717) is 5.82 Å². The number of nitrogens with zero attached hydrogens (tertiary/aromatic N) is 7. The summed E-state index contributed by atoms with van der Waals surface area (Å²) in [6.07, 6.45) is 3.06. The maximum Gasteiger partial charge on any atom is 0.228 e. The van der Waals surface area contributed by atoms with E-state index in [1.54, 1.807) is 6.33 Å². The number of aromatic nitrogens is 4. The van der Waals surface area contributed by atoms with Crippen molar-refractivity contribution in [2.75, 3.05) is 54.4 Å². The van der Waals surface area contributed by atoms with Crippen LogP contribution < -0.4 is 15.1 Å². The molecule has 2 fully saturated rings. The lowest BCUT2D eigenvalue weighted by Gasteiger charge is -2.35. The van der Waals surface area contributed by atoms with Gasteiger partial charge in [-0.2, -0.15) is 0 Å². The first-order valence-corrected chi connectivity index (χ1v) is 14.0. The van der Waals surface area contributed by atoms with Crippen LogP contribution in [0, 0.1) is 5.92 Å². The van der Waals surface area contributed by atoms with Gasteiger partial charge in [-0.25, -0.2) is 9.97 Å². The van der Waals surface area contributed by atoms with E-state index < -0.39 is 0 Å². The van der Waals surface area contributed by atoms with Crippen molar-refractivity contribution in [1.29, 1.82) is 0 Å². The van der Waals surface area contributed by atoms with Crippen LogP contribution in [0.5, 0.6) is 0 Å². The molecular weight excluding hydrogens is 500 g/mol. The van der Waals surface area contributed by atoms with Gasteiger partial charge in [0.05, 0.1) is 5.69 Å². The van der Waals surface area contributed by atoms with Gasteiger partial charge in [-0.05, 0) is 30.5 Å². The summed E-state index contributed by atoms with van der Waals surface area (Å²) >= 11 is 0. The molecule has 2 saturated heterocycles. The zero-order valence-corrected chi connectivity index (χ0v) is 22.6. The monoisotopic (exact) mass is 534 g/mol. The normalized spacial score (nSPS) is 16.6. The minimum atomic E-state index is -0.0623. The highest BCUT2D eigenvalue weighted by Gasteiger charge is 2.26. The molecule has 0 aliphatic carbocycles. The molecule has 2 aliphatic heterocycles. The number of benzene rings is 2. The van der Waals surface area contributed by atoms with Crippen molar-refractivity contribution in [3.05, 3.63) is 90.8 Å². The van der Waals surface area contributed by atoms with Crippen molar-refractivity contribution < 1.29 is 4.79 Å². The third-order valence-electron chi connectivity index (χ3n) is 7.76. The summed E-state index contributed by atoms with van der Waals surface area (Å²) in [5, 5.41) is 11.9. The molecule has 0 saturated carbocycles. The first kappa shape index (κ1) is 25.9. The lowest BCUT2D eigenvalue weighted by Crippen LogP contribution is -2.46. The van der Waals surface area contributed by atoms with E-state index in [9.17, 15) is 4.79 Å². The summed E-state index contributed by atoms with van der Waals surface area (Å²) in [4.78, 5) is 28.8. The zero-order valence-electron chi connectivity index (χ0n) is 22.6. The Kier molecular flexibility index (Phi) is 7.90. The van der Waals surface area contributed by atoms with Crippen LogP contribution in [0.1, 0.15) is 18.4 Å². The van der Waals surface area contributed by atoms with Crippen LogP contribution in [0.3, 0.4) is 0 Å².